The number of hydrogen-bond donors (Lipinski definition) is 0. The Kier molecular flexibility index (Phi) is 6.87. The third-order valence-electron chi connectivity index (χ3n) is 5.52. The van der Waals surface area contributed by atoms with Crippen LogP contribution in [0.1, 0.15) is 12.5 Å². The largest absolute Gasteiger partial charge is 0.365 e. The number of nitrogens with zero attached hydrogens (tertiary/aromatic N) is 4. The maximum absolute atomic E-state index is 12.8. The fourth-order valence-electron chi connectivity index (χ4n) is 3.69. The van der Waals surface area contributed by atoms with Crippen molar-refractivity contribution in [2.75, 3.05) is 31.1 Å². The summed E-state index contributed by atoms with van der Waals surface area (Å²) < 4.78 is 7.05. The first-order valence-electron chi connectivity index (χ1n) is 10.6. The highest BCUT2D eigenvalue weighted by atomic mass is 35.5. The first-order chi connectivity index (χ1) is 15.5. The molecule has 2 heterocycles. The number of rotatable bonds is 6. The van der Waals surface area contributed by atoms with E-state index in [0.717, 1.165) is 5.56 Å². The van der Waals surface area contributed by atoms with E-state index in [1.165, 1.54) is 4.68 Å². The van der Waals surface area contributed by atoms with E-state index in [0.29, 0.717) is 44.2 Å². The van der Waals surface area contributed by atoms with Crippen molar-refractivity contribution >= 4 is 23.2 Å². The molecule has 1 fully saturated rings. The van der Waals surface area contributed by atoms with Crippen LogP contribution in [0.5, 0.6) is 0 Å². The Balaban J connectivity index is 1.36. The molecule has 0 N–H and O–H groups in total. The lowest BCUT2D eigenvalue weighted by Gasteiger charge is -2.37. The number of para-hydroxylation sites is 1. The number of carbonyl (C=O) groups is 1. The quantitative estimate of drug-likeness (QED) is 0.574. The lowest BCUT2D eigenvalue weighted by Crippen LogP contribution is -2.51. The van der Waals surface area contributed by atoms with Crippen LogP contribution in [-0.4, -0.2) is 52.9 Å². The molecule has 4 rings (SSSR count). The highest BCUT2D eigenvalue weighted by Gasteiger charge is 2.27. The summed E-state index contributed by atoms with van der Waals surface area (Å²) in [4.78, 5) is 29.3. The average Bonchev–Trinajstić information content (AvgIpc) is 2.85. The lowest BCUT2D eigenvalue weighted by molar-refractivity contribution is -0.143. The van der Waals surface area contributed by atoms with Gasteiger partial charge < -0.3 is 14.5 Å². The van der Waals surface area contributed by atoms with Crippen molar-refractivity contribution in [2.24, 2.45) is 0 Å². The van der Waals surface area contributed by atoms with Gasteiger partial charge in [-0.3, -0.25) is 9.59 Å². The van der Waals surface area contributed by atoms with Crippen molar-refractivity contribution in [2.45, 2.75) is 19.6 Å². The van der Waals surface area contributed by atoms with Crippen molar-refractivity contribution in [1.82, 2.24) is 14.7 Å². The van der Waals surface area contributed by atoms with Crippen molar-refractivity contribution in [3.63, 3.8) is 0 Å². The van der Waals surface area contributed by atoms with E-state index in [2.05, 4.69) is 5.10 Å². The summed E-state index contributed by atoms with van der Waals surface area (Å²) in [7, 11) is 0. The molecular weight excluding hydrogens is 428 g/mol. The van der Waals surface area contributed by atoms with Crippen LogP contribution in [0.15, 0.2) is 71.7 Å². The normalized spacial score (nSPS) is 14.9. The summed E-state index contributed by atoms with van der Waals surface area (Å²) in [5.74, 6) is -0.0377. The number of aromatic nitrogens is 2. The first kappa shape index (κ1) is 22.0. The van der Waals surface area contributed by atoms with Crippen LogP contribution >= 0.6 is 11.6 Å². The van der Waals surface area contributed by atoms with Crippen LogP contribution < -0.4 is 10.5 Å². The second-order valence-corrected chi connectivity index (χ2v) is 8.03. The molecular formula is C24H25ClN4O3. The number of piperazine rings is 1. The monoisotopic (exact) mass is 452 g/mol. The maximum atomic E-state index is 12.8. The number of anilines is 1. The zero-order valence-electron chi connectivity index (χ0n) is 17.9. The molecule has 0 aliphatic carbocycles. The second-order valence-electron chi connectivity index (χ2n) is 7.65. The number of carbonyl (C=O) groups excluding carboxylic acids is 1. The molecule has 1 unspecified atom stereocenters. The van der Waals surface area contributed by atoms with Gasteiger partial charge in [-0.05, 0) is 24.6 Å². The summed E-state index contributed by atoms with van der Waals surface area (Å²) in [6.07, 6.45) is 1.08. The van der Waals surface area contributed by atoms with E-state index in [9.17, 15) is 9.59 Å². The summed E-state index contributed by atoms with van der Waals surface area (Å²) in [5, 5.41) is 4.43. The molecule has 3 aromatic rings. The predicted octanol–water partition coefficient (Wildman–Crippen LogP) is 3.14. The molecule has 0 bridgehead atoms. The highest BCUT2D eigenvalue weighted by Crippen LogP contribution is 2.23. The highest BCUT2D eigenvalue weighted by molar-refractivity contribution is 6.33. The minimum atomic E-state index is -0.526. The SMILES string of the molecule is CC(OCc1ccccc1)C(=O)N1CCN(c2cnn(-c3ccccc3)c(=O)c2Cl)CC1. The third-order valence-corrected chi connectivity index (χ3v) is 5.88. The molecule has 1 aromatic heterocycles. The summed E-state index contributed by atoms with van der Waals surface area (Å²) in [5.41, 5.74) is 1.91. The molecule has 1 atom stereocenters. The maximum Gasteiger partial charge on any atom is 0.292 e. The molecule has 32 heavy (non-hydrogen) atoms. The molecule has 2 aromatic carbocycles. The number of benzene rings is 2. The molecule has 7 nitrogen and oxygen atoms in total. The molecule has 1 aliphatic heterocycles. The van der Waals surface area contributed by atoms with Crippen LogP contribution in [0.3, 0.4) is 0 Å². The molecule has 0 spiro atoms. The van der Waals surface area contributed by atoms with Crippen LogP contribution in [0, 0.1) is 0 Å². The van der Waals surface area contributed by atoms with Gasteiger partial charge in [-0.15, -0.1) is 0 Å². The Bertz CT molecular complexity index is 1110. The van der Waals surface area contributed by atoms with Gasteiger partial charge >= 0.3 is 0 Å². The van der Waals surface area contributed by atoms with Gasteiger partial charge in [-0.25, -0.2) is 0 Å². The molecule has 8 heteroatoms. The second kappa shape index (κ2) is 9.97. The fraction of sp³-hybridized carbons (Fsp3) is 0.292. The van der Waals surface area contributed by atoms with Crippen LogP contribution in [0.2, 0.25) is 5.02 Å². The topological polar surface area (TPSA) is 67.7 Å². The Labute approximate surface area is 191 Å². The third kappa shape index (κ3) is 4.84. The predicted molar refractivity (Wildman–Crippen MR) is 124 cm³/mol. The average molecular weight is 453 g/mol. The van der Waals surface area contributed by atoms with Crippen LogP contribution in [-0.2, 0) is 16.1 Å². The molecule has 166 valence electrons. The Hall–Kier alpha value is -3.16. The van der Waals surface area contributed by atoms with Gasteiger partial charge in [0.25, 0.3) is 11.5 Å². The smallest absolute Gasteiger partial charge is 0.292 e. The van der Waals surface area contributed by atoms with Gasteiger partial charge in [-0.1, -0.05) is 60.1 Å². The lowest BCUT2D eigenvalue weighted by atomic mass is 10.2. The van der Waals surface area contributed by atoms with Crippen molar-refractivity contribution in [3.8, 4) is 5.69 Å². The fourth-order valence-corrected chi connectivity index (χ4v) is 3.94. The number of halogens is 1. The summed E-state index contributed by atoms with van der Waals surface area (Å²) >= 11 is 6.41. The summed E-state index contributed by atoms with van der Waals surface area (Å²) in [6, 6.07) is 18.9. The van der Waals surface area contributed by atoms with E-state index >= 15 is 0 Å². The molecule has 1 saturated heterocycles. The number of amides is 1. The van der Waals surface area contributed by atoms with E-state index in [1.54, 1.807) is 30.2 Å². The zero-order chi connectivity index (χ0) is 22.5. The molecule has 0 radical (unpaired) electrons. The van der Waals surface area contributed by atoms with Gasteiger partial charge in [0, 0.05) is 26.2 Å². The van der Waals surface area contributed by atoms with Crippen LogP contribution in [0.25, 0.3) is 5.69 Å². The minimum absolute atomic E-state index is 0.0377. The van der Waals surface area contributed by atoms with Crippen LogP contribution in [0.4, 0.5) is 5.69 Å². The van der Waals surface area contributed by atoms with Gasteiger partial charge in [0.15, 0.2) is 0 Å². The zero-order valence-corrected chi connectivity index (χ0v) is 18.6. The van der Waals surface area contributed by atoms with E-state index in [1.807, 2.05) is 53.4 Å². The van der Waals surface area contributed by atoms with E-state index in [-0.39, 0.29) is 16.5 Å². The minimum Gasteiger partial charge on any atom is -0.365 e. The first-order valence-corrected chi connectivity index (χ1v) is 10.9. The van der Waals surface area contributed by atoms with Crippen molar-refractivity contribution < 1.29 is 9.53 Å². The van der Waals surface area contributed by atoms with E-state index < -0.39 is 6.10 Å². The van der Waals surface area contributed by atoms with Gasteiger partial charge in [0.2, 0.25) is 0 Å². The van der Waals surface area contributed by atoms with Gasteiger partial charge in [0.1, 0.15) is 11.1 Å². The molecule has 0 saturated carbocycles. The molecule has 1 amide bonds. The molecule has 1 aliphatic rings. The Morgan fingerprint density at radius 2 is 1.66 bits per heavy atom. The number of ether oxygens (including phenoxy) is 1. The van der Waals surface area contributed by atoms with E-state index in [4.69, 9.17) is 16.3 Å². The Morgan fingerprint density at radius 3 is 2.31 bits per heavy atom. The summed E-state index contributed by atoms with van der Waals surface area (Å²) in [6.45, 7) is 4.35. The van der Waals surface area contributed by atoms with Gasteiger partial charge in [-0.2, -0.15) is 9.78 Å². The standard InChI is InChI=1S/C24H25ClN4O3/c1-18(32-17-19-8-4-2-5-9-19)23(30)28-14-12-27(13-15-28)21-16-26-29(24(31)22(21)25)20-10-6-3-7-11-20/h2-11,16,18H,12-15,17H2,1H3. The Morgan fingerprint density at radius 1 is 1.03 bits per heavy atom. The van der Waals surface area contributed by atoms with Crippen molar-refractivity contribution in [3.05, 3.63) is 87.8 Å². The van der Waals surface area contributed by atoms with Crippen molar-refractivity contribution in [1.29, 1.82) is 0 Å². The number of hydrogen-bond acceptors (Lipinski definition) is 5. The van der Waals surface area contributed by atoms with Gasteiger partial charge in [0.05, 0.1) is 24.2 Å².